The fraction of sp³-hybridized carbons (Fsp3) is 0.278. The van der Waals surface area contributed by atoms with Gasteiger partial charge in [0.2, 0.25) is 15.9 Å². The number of benzene rings is 2. The van der Waals surface area contributed by atoms with Crippen LogP contribution in [-0.2, 0) is 14.8 Å². The molecule has 1 amide bonds. The van der Waals surface area contributed by atoms with Crippen LogP contribution in [0.2, 0.25) is 0 Å². The van der Waals surface area contributed by atoms with Gasteiger partial charge in [0.05, 0.1) is 11.4 Å². The summed E-state index contributed by atoms with van der Waals surface area (Å²) in [5.74, 6) is -0.356. The van der Waals surface area contributed by atoms with E-state index in [-0.39, 0.29) is 23.9 Å². The van der Waals surface area contributed by atoms with Crippen molar-refractivity contribution < 1.29 is 13.2 Å². The maximum atomic E-state index is 12.6. The second kappa shape index (κ2) is 7.59. The standard InChI is InChI=1S/C18H22N2O3S/c1-4-20(24(22,23)16-10-6-5-7-11-16)13-18(21)19-17-12-8-9-14(2)15(17)3/h5-12H,4,13H2,1-3H3,(H,19,21). The predicted octanol–water partition coefficient (Wildman–Crippen LogP) is 2.95. The first-order valence-corrected chi connectivity index (χ1v) is 9.21. The number of nitrogens with zero attached hydrogens (tertiary/aromatic N) is 1. The monoisotopic (exact) mass is 346 g/mol. The van der Waals surface area contributed by atoms with Crippen molar-refractivity contribution in [3.63, 3.8) is 0 Å². The molecule has 2 aromatic carbocycles. The maximum absolute atomic E-state index is 12.6. The molecule has 0 heterocycles. The zero-order chi connectivity index (χ0) is 17.7. The molecule has 0 aromatic heterocycles. The van der Waals surface area contributed by atoms with Crippen LogP contribution < -0.4 is 5.32 Å². The Balaban J connectivity index is 2.15. The highest BCUT2D eigenvalue weighted by Crippen LogP contribution is 2.19. The molecule has 0 spiro atoms. The molecular weight excluding hydrogens is 324 g/mol. The first-order chi connectivity index (χ1) is 11.4. The second-order valence-corrected chi connectivity index (χ2v) is 7.48. The van der Waals surface area contributed by atoms with Crippen LogP contribution in [0.25, 0.3) is 0 Å². The highest BCUT2D eigenvalue weighted by atomic mass is 32.2. The van der Waals surface area contributed by atoms with Gasteiger partial charge in [-0.15, -0.1) is 0 Å². The van der Waals surface area contributed by atoms with Gasteiger partial charge in [-0.25, -0.2) is 8.42 Å². The molecule has 2 aromatic rings. The van der Waals surface area contributed by atoms with E-state index in [1.807, 2.05) is 32.0 Å². The molecule has 0 atom stereocenters. The van der Waals surface area contributed by atoms with E-state index in [4.69, 9.17) is 0 Å². The molecule has 0 aliphatic rings. The van der Waals surface area contributed by atoms with Gasteiger partial charge in [0.15, 0.2) is 0 Å². The van der Waals surface area contributed by atoms with Crippen LogP contribution in [0.1, 0.15) is 18.1 Å². The Bertz CT molecular complexity index is 817. The minimum absolute atomic E-state index is 0.186. The average Bonchev–Trinajstić information content (AvgIpc) is 2.57. The van der Waals surface area contributed by atoms with E-state index in [0.29, 0.717) is 5.69 Å². The van der Waals surface area contributed by atoms with Gasteiger partial charge in [0, 0.05) is 12.2 Å². The third kappa shape index (κ3) is 4.01. The van der Waals surface area contributed by atoms with Crippen LogP contribution in [0.3, 0.4) is 0 Å². The number of hydrogen-bond donors (Lipinski definition) is 1. The lowest BCUT2D eigenvalue weighted by molar-refractivity contribution is -0.116. The summed E-state index contributed by atoms with van der Waals surface area (Å²) in [6, 6.07) is 13.8. The van der Waals surface area contributed by atoms with E-state index in [1.54, 1.807) is 25.1 Å². The van der Waals surface area contributed by atoms with Crippen LogP contribution in [0.4, 0.5) is 5.69 Å². The number of sulfonamides is 1. The number of carbonyl (C=O) groups excluding carboxylic acids is 1. The summed E-state index contributed by atoms with van der Waals surface area (Å²) in [5, 5.41) is 2.79. The van der Waals surface area contributed by atoms with Gasteiger partial charge in [0.25, 0.3) is 0 Å². The van der Waals surface area contributed by atoms with Crippen molar-refractivity contribution in [3.05, 3.63) is 59.7 Å². The molecular formula is C18H22N2O3S. The van der Waals surface area contributed by atoms with Gasteiger partial charge < -0.3 is 5.32 Å². The Labute approximate surface area is 143 Å². The molecule has 0 fully saturated rings. The zero-order valence-electron chi connectivity index (χ0n) is 14.1. The normalized spacial score (nSPS) is 11.5. The molecule has 0 aliphatic heterocycles. The number of carbonyl (C=O) groups is 1. The van der Waals surface area contributed by atoms with Gasteiger partial charge in [-0.3, -0.25) is 4.79 Å². The molecule has 0 bridgehead atoms. The van der Waals surface area contributed by atoms with Gasteiger partial charge in [-0.2, -0.15) is 4.31 Å². The smallest absolute Gasteiger partial charge is 0.243 e. The summed E-state index contributed by atoms with van der Waals surface area (Å²) in [6.07, 6.45) is 0. The Morgan fingerprint density at radius 2 is 1.71 bits per heavy atom. The van der Waals surface area contributed by atoms with E-state index in [1.165, 1.54) is 16.4 Å². The van der Waals surface area contributed by atoms with Gasteiger partial charge in [-0.1, -0.05) is 37.3 Å². The fourth-order valence-electron chi connectivity index (χ4n) is 2.34. The summed E-state index contributed by atoms with van der Waals surface area (Å²) < 4.78 is 26.4. The summed E-state index contributed by atoms with van der Waals surface area (Å²) in [5.41, 5.74) is 2.74. The quantitative estimate of drug-likeness (QED) is 0.874. The Morgan fingerprint density at radius 1 is 1.04 bits per heavy atom. The summed E-state index contributed by atoms with van der Waals surface area (Å²) in [7, 11) is -3.68. The molecule has 0 saturated heterocycles. The fourth-order valence-corrected chi connectivity index (χ4v) is 3.77. The topological polar surface area (TPSA) is 66.5 Å². The van der Waals surface area contributed by atoms with Crippen molar-refractivity contribution in [1.82, 2.24) is 4.31 Å². The minimum atomic E-state index is -3.68. The Hall–Kier alpha value is -2.18. The number of anilines is 1. The van der Waals surface area contributed by atoms with Crippen molar-refractivity contribution >= 4 is 21.6 Å². The first-order valence-electron chi connectivity index (χ1n) is 7.77. The Kier molecular flexibility index (Phi) is 5.75. The van der Waals surface area contributed by atoms with Crippen molar-refractivity contribution in [2.75, 3.05) is 18.4 Å². The largest absolute Gasteiger partial charge is 0.325 e. The number of nitrogens with one attached hydrogen (secondary N) is 1. The van der Waals surface area contributed by atoms with Crippen molar-refractivity contribution in [2.45, 2.75) is 25.7 Å². The van der Waals surface area contributed by atoms with E-state index >= 15 is 0 Å². The van der Waals surface area contributed by atoms with Crippen LogP contribution in [0.5, 0.6) is 0 Å². The zero-order valence-corrected chi connectivity index (χ0v) is 14.9. The number of hydrogen-bond acceptors (Lipinski definition) is 3. The number of rotatable bonds is 6. The highest BCUT2D eigenvalue weighted by molar-refractivity contribution is 7.89. The van der Waals surface area contributed by atoms with E-state index in [9.17, 15) is 13.2 Å². The second-order valence-electron chi connectivity index (χ2n) is 5.54. The summed E-state index contributed by atoms with van der Waals surface area (Å²) >= 11 is 0. The van der Waals surface area contributed by atoms with Gasteiger partial charge in [0.1, 0.15) is 0 Å². The number of amides is 1. The number of aryl methyl sites for hydroxylation is 1. The van der Waals surface area contributed by atoms with Crippen molar-refractivity contribution in [3.8, 4) is 0 Å². The molecule has 0 radical (unpaired) electrons. The van der Waals surface area contributed by atoms with Crippen molar-refractivity contribution in [2.24, 2.45) is 0 Å². The average molecular weight is 346 g/mol. The van der Waals surface area contributed by atoms with E-state index in [0.717, 1.165) is 11.1 Å². The molecule has 0 saturated carbocycles. The SMILES string of the molecule is CCN(CC(=O)Nc1cccc(C)c1C)S(=O)(=O)c1ccccc1. The summed E-state index contributed by atoms with van der Waals surface area (Å²) in [4.78, 5) is 12.5. The third-order valence-corrected chi connectivity index (χ3v) is 5.87. The molecule has 6 heteroatoms. The first kappa shape index (κ1) is 18.2. The highest BCUT2D eigenvalue weighted by Gasteiger charge is 2.25. The lowest BCUT2D eigenvalue weighted by Crippen LogP contribution is -2.37. The third-order valence-electron chi connectivity index (χ3n) is 3.93. The van der Waals surface area contributed by atoms with Crippen LogP contribution in [-0.4, -0.2) is 31.7 Å². The molecule has 24 heavy (non-hydrogen) atoms. The minimum Gasteiger partial charge on any atom is -0.325 e. The molecule has 0 aliphatic carbocycles. The molecule has 5 nitrogen and oxygen atoms in total. The lowest BCUT2D eigenvalue weighted by Gasteiger charge is -2.20. The maximum Gasteiger partial charge on any atom is 0.243 e. The number of likely N-dealkylation sites (N-methyl/N-ethyl adjacent to an activating group) is 1. The van der Waals surface area contributed by atoms with Crippen LogP contribution in [0, 0.1) is 13.8 Å². The molecule has 0 unspecified atom stereocenters. The molecule has 1 N–H and O–H groups in total. The Morgan fingerprint density at radius 3 is 2.33 bits per heavy atom. The lowest BCUT2D eigenvalue weighted by atomic mass is 10.1. The van der Waals surface area contributed by atoms with E-state index < -0.39 is 10.0 Å². The molecule has 128 valence electrons. The van der Waals surface area contributed by atoms with Crippen LogP contribution >= 0.6 is 0 Å². The van der Waals surface area contributed by atoms with Crippen LogP contribution in [0.15, 0.2) is 53.4 Å². The predicted molar refractivity (Wildman–Crippen MR) is 95.4 cm³/mol. The van der Waals surface area contributed by atoms with E-state index in [2.05, 4.69) is 5.32 Å². The summed E-state index contributed by atoms with van der Waals surface area (Å²) in [6.45, 7) is 5.59. The van der Waals surface area contributed by atoms with Gasteiger partial charge >= 0.3 is 0 Å². The van der Waals surface area contributed by atoms with Gasteiger partial charge in [-0.05, 0) is 43.2 Å². The molecule has 2 rings (SSSR count). The van der Waals surface area contributed by atoms with Crippen molar-refractivity contribution in [1.29, 1.82) is 0 Å².